The highest BCUT2D eigenvalue weighted by Gasteiger charge is 2.14. The van der Waals surface area contributed by atoms with Gasteiger partial charge in [-0.05, 0) is 30.7 Å². The molecule has 0 aliphatic heterocycles. The van der Waals surface area contributed by atoms with Crippen LogP contribution in [0.25, 0.3) is 11.0 Å². The van der Waals surface area contributed by atoms with E-state index in [9.17, 15) is 14.9 Å². The van der Waals surface area contributed by atoms with E-state index < -0.39 is 4.92 Å². The number of fused-ring (bicyclic) bond motifs is 1. The van der Waals surface area contributed by atoms with Crippen molar-refractivity contribution in [1.82, 2.24) is 0 Å². The molecule has 0 fully saturated rings. The number of halogens is 1. The summed E-state index contributed by atoms with van der Waals surface area (Å²) in [6.45, 7) is 1.78. The Hall–Kier alpha value is -2.67. The van der Waals surface area contributed by atoms with Crippen LogP contribution < -0.4 is 5.32 Å². The van der Waals surface area contributed by atoms with Gasteiger partial charge < -0.3 is 9.73 Å². The molecule has 1 N–H and O–H groups in total. The zero-order chi connectivity index (χ0) is 17.3. The first-order chi connectivity index (χ1) is 11.4. The molecule has 0 unspecified atom stereocenters. The van der Waals surface area contributed by atoms with E-state index in [1.165, 1.54) is 12.1 Å². The monoisotopic (exact) mass is 388 g/mol. The van der Waals surface area contributed by atoms with Crippen molar-refractivity contribution in [3.05, 3.63) is 68.4 Å². The van der Waals surface area contributed by atoms with Crippen LogP contribution >= 0.6 is 15.9 Å². The van der Waals surface area contributed by atoms with Crippen LogP contribution in [0.4, 0.5) is 11.4 Å². The van der Waals surface area contributed by atoms with Crippen molar-refractivity contribution < 1.29 is 14.1 Å². The molecule has 0 aliphatic carbocycles. The van der Waals surface area contributed by atoms with Gasteiger partial charge in [-0.3, -0.25) is 14.9 Å². The Kier molecular flexibility index (Phi) is 4.35. The van der Waals surface area contributed by atoms with Crippen molar-refractivity contribution in [2.75, 3.05) is 5.32 Å². The van der Waals surface area contributed by atoms with Gasteiger partial charge in [-0.2, -0.15) is 0 Å². The summed E-state index contributed by atoms with van der Waals surface area (Å²) in [5.41, 5.74) is 2.59. The van der Waals surface area contributed by atoms with Gasteiger partial charge >= 0.3 is 0 Å². The van der Waals surface area contributed by atoms with Crippen LogP contribution in [-0.2, 0) is 11.2 Å². The Balaban J connectivity index is 1.81. The van der Waals surface area contributed by atoms with E-state index in [2.05, 4.69) is 21.2 Å². The minimum Gasteiger partial charge on any atom is -0.464 e. The van der Waals surface area contributed by atoms with E-state index in [0.29, 0.717) is 11.3 Å². The third-order valence-corrected chi connectivity index (χ3v) is 4.17. The van der Waals surface area contributed by atoms with Crippen LogP contribution in [-0.4, -0.2) is 10.8 Å². The molecule has 0 spiro atoms. The fourth-order valence-corrected chi connectivity index (χ4v) is 2.78. The molecule has 3 rings (SSSR count). The average molecular weight is 389 g/mol. The summed E-state index contributed by atoms with van der Waals surface area (Å²) in [6, 6.07) is 9.95. The highest BCUT2D eigenvalue weighted by molar-refractivity contribution is 9.10. The molecule has 1 amide bonds. The van der Waals surface area contributed by atoms with Gasteiger partial charge in [-0.15, -0.1) is 0 Å². The number of nitro groups is 1. The number of amides is 1. The zero-order valence-electron chi connectivity index (χ0n) is 12.7. The SMILES string of the molecule is Cc1ccc([N+](=O)[O-])cc1NC(=O)Cc1coc2ccc(Br)cc12. The predicted octanol–water partition coefficient (Wildman–Crippen LogP) is 4.59. The fourth-order valence-electron chi connectivity index (χ4n) is 2.42. The number of anilines is 1. The first kappa shape index (κ1) is 16.2. The second-order valence-electron chi connectivity index (χ2n) is 5.38. The number of carbonyl (C=O) groups is 1. The molecule has 0 atom stereocenters. The Morgan fingerprint density at radius 1 is 1.29 bits per heavy atom. The third-order valence-electron chi connectivity index (χ3n) is 3.67. The molecular weight excluding hydrogens is 376 g/mol. The van der Waals surface area contributed by atoms with Crippen molar-refractivity contribution in [2.45, 2.75) is 13.3 Å². The Labute approximate surface area is 145 Å². The van der Waals surface area contributed by atoms with E-state index in [4.69, 9.17) is 4.42 Å². The molecule has 24 heavy (non-hydrogen) atoms. The van der Waals surface area contributed by atoms with Crippen molar-refractivity contribution in [3.8, 4) is 0 Å². The number of nitro benzene ring substituents is 1. The highest BCUT2D eigenvalue weighted by atomic mass is 79.9. The maximum absolute atomic E-state index is 12.3. The summed E-state index contributed by atoms with van der Waals surface area (Å²) in [5.74, 6) is -0.263. The number of non-ortho nitro benzene ring substituents is 1. The molecule has 2 aromatic carbocycles. The number of hydrogen-bond acceptors (Lipinski definition) is 4. The van der Waals surface area contributed by atoms with Gasteiger partial charge in [0.1, 0.15) is 5.58 Å². The maximum Gasteiger partial charge on any atom is 0.271 e. The maximum atomic E-state index is 12.3. The molecule has 0 radical (unpaired) electrons. The number of carbonyl (C=O) groups excluding carboxylic acids is 1. The Bertz CT molecular complexity index is 949. The van der Waals surface area contributed by atoms with Gasteiger partial charge in [0, 0.05) is 27.6 Å². The highest BCUT2D eigenvalue weighted by Crippen LogP contribution is 2.26. The molecule has 0 bridgehead atoms. The van der Waals surface area contributed by atoms with Gasteiger partial charge in [0.15, 0.2) is 0 Å². The Morgan fingerprint density at radius 2 is 2.08 bits per heavy atom. The van der Waals surface area contributed by atoms with Crippen LogP contribution in [0.5, 0.6) is 0 Å². The topological polar surface area (TPSA) is 85.4 Å². The lowest BCUT2D eigenvalue weighted by molar-refractivity contribution is -0.384. The third kappa shape index (κ3) is 3.30. The van der Waals surface area contributed by atoms with Gasteiger partial charge in [0.25, 0.3) is 5.69 Å². The summed E-state index contributed by atoms with van der Waals surface area (Å²) in [4.78, 5) is 22.7. The van der Waals surface area contributed by atoms with Crippen LogP contribution in [0.1, 0.15) is 11.1 Å². The number of nitrogens with zero attached hydrogens (tertiary/aromatic N) is 1. The number of benzene rings is 2. The molecule has 0 saturated heterocycles. The number of nitrogens with one attached hydrogen (secondary N) is 1. The average Bonchev–Trinajstić information content (AvgIpc) is 2.91. The lowest BCUT2D eigenvalue weighted by Gasteiger charge is -2.08. The quantitative estimate of drug-likeness (QED) is 0.522. The minimum absolute atomic E-state index is 0.0615. The fraction of sp³-hybridized carbons (Fsp3) is 0.118. The summed E-state index contributed by atoms with van der Waals surface area (Å²) in [5, 5.41) is 14.4. The number of hydrogen-bond donors (Lipinski definition) is 1. The molecule has 1 heterocycles. The van der Waals surface area contributed by atoms with Gasteiger partial charge in [0.2, 0.25) is 5.91 Å². The van der Waals surface area contributed by atoms with E-state index in [-0.39, 0.29) is 18.0 Å². The first-order valence-electron chi connectivity index (χ1n) is 7.14. The normalized spacial score (nSPS) is 10.8. The summed E-state index contributed by atoms with van der Waals surface area (Å²) < 4.78 is 6.34. The molecule has 6 nitrogen and oxygen atoms in total. The summed E-state index contributed by atoms with van der Waals surface area (Å²) >= 11 is 3.40. The van der Waals surface area contributed by atoms with Crippen LogP contribution in [0.15, 0.2) is 51.6 Å². The van der Waals surface area contributed by atoms with Gasteiger partial charge in [-0.1, -0.05) is 22.0 Å². The summed E-state index contributed by atoms with van der Waals surface area (Å²) in [7, 11) is 0. The van der Waals surface area contributed by atoms with E-state index >= 15 is 0 Å². The molecule has 3 aromatic rings. The number of aryl methyl sites for hydroxylation is 1. The zero-order valence-corrected chi connectivity index (χ0v) is 14.3. The smallest absolute Gasteiger partial charge is 0.271 e. The molecular formula is C17H13BrN2O4. The van der Waals surface area contributed by atoms with Crippen molar-refractivity contribution in [1.29, 1.82) is 0 Å². The van der Waals surface area contributed by atoms with Crippen LogP contribution in [0.2, 0.25) is 0 Å². The Morgan fingerprint density at radius 3 is 2.83 bits per heavy atom. The van der Waals surface area contributed by atoms with Crippen molar-refractivity contribution in [3.63, 3.8) is 0 Å². The standard InChI is InChI=1S/C17H13BrN2O4/c1-10-2-4-13(20(22)23)8-15(10)19-17(21)6-11-9-24-16-5-3-12(18)7-14(11)16/h2-5,7-9H,6H2,1H3,(H,19,21). The largest absolute Gasteiger partial charge is 0.464 e. The second kappa shape index (κ2) is 6.45. The van der Waals surface area contributed by atoms with Crippen LogP contribution in [0, 0.1) is 17.0 Å². The molecule has 7 heteroatoms. The van der Waals surface area contributed by atoms with E-state index in [0.717, 1.165) is 21.0 Å². The number of rotatable bonds is 4. The van der Waals surface area contributed by atoms with Gasteiger partial charge in [0.05, 0.1) is 23.3 Å². The lowest BCUT2D eigenvalue weighted by atomic mass is 10.1. The second-order valence-corrected chi connectivity index (χ2v) is 6.30. The lowest BCUT2D eigenvalue weighted by Crippen LogP contribution is -2.15. The minimum atomic E-state index is -0.490. The van der Waals surface area contributed by atoms with E-state index in [1.54, 1.807) is 19.3 Å². The summed E-state index contributed by atoms with van der Waals surface area (Å²) in [6.07, 6.45) is 1.67. The molecule has 0 saturated carbocycles. The molecule has 122 valence electrons. The van der Waals surface area contributed by atoms with E-state index in [1.807, 2.05) is 18.2 Å². The van der Waals surface area contributed by atoms with Gasteiger partial charge in [-0.25, -0.2) is 0 Å². The first-order valence-corrected chi connectivity index (χ1v) is 7.94. The van der Waals surface area contributed by atoms with Crippen LogP contribution in [0.3, 0.4) is 0 Å². The van der Waals surface area contributed by atoms with Crippen molar-refractivity contribution >= 4 is 44.2 Å². The number of furan rings is 1. The van der Waals surface area contributed by atoms with Crippen molar-refractivity contribution in [2.24, 2.45) is 0 Å². The molecule has 0 aliphatic rings. The molecule has 1 aromatic heterocycles. The predicted molar refractivity (Wildman–Crippen MR) is 94.1 cm³/mol.